The molecule has 0 bridgehead atoms. The minimum atomic E-state index is -0.248. The van der Waals surface area contributed by atoms with Crippen molar-refractivity contribution in [3.63, 3.8) is 0 Å². The Bertz CT molecular complexity index is 469. The molecule has 1 saturated heterocycles. The van der Waals surface area contributed by atoms with E-state index in [2.05, 4.69) is 23.8 Å². The van der Waals surface area contributed by atoms with Crippen LogP contribution in [0.5, 0.6) is 0 Å². The van der Waals surface area contributed by atoms with Crippen LogP contribution in [-0.4, -0.2) is 46.1 Å². The third-order valence-corrected chi connectivity index (χ3v) is 3.72. The lowest BCUT2D eigenvalue weighted by molar-refractivity contribution is -0.0468. The average molecular weight is 263 g/mol. The molecule has 1 amide bonds. The van der Waals surface area contributed by atoms with Crippen LogP contribution in [0.15, 0.2) is 6.07 Å². The van der Waals surface area contributed by atoms with Gasteiger partial charge >= 0.3 is 0 Å². The molecule has 1 aliphatic heterocycles. The first-order chi connectivity index (χ1) is 8.96. The predicted octanol–water partition coefficient (Wildman–Crippen LogP) is 1.73. The Morgan fingerprint density at radius 3 is 2.84 bits per heavy atom. The van der Waals surface area contributed by atoms with Crippen molar-refractivity contribution in [2.75, 3.05) is 19.8 Å². The van der Waals surface area contributed by atoms with E-state index in [1.807, 2.05) is 18.7 Å². The average Bonchev–Trinajstić information content (AvgIpc) is 2.37. The van der Waals surface area contributed by atoms with E-state index in [9.17, 15) is 4.79 Å². The standard InChI is InChI=1S/C14H21N3O2/c1-5-14(4)9-19-7-6-17(14)13(18)12-8-10(2)15-11(3)16-12/h8H,5-7,9H2,1-4H3. The molecule has 0 N–H and O–H groups in total. The summed E-state index contributed by atoms with van der Waals surface area (Å²) in [5.41, 5.74) is 1.05. The third kappa shape index (κ3) is 2.76. The van der Waals surface area contributed by atoms with Crippen molar-refractivity contribution in [2.24, 2.45) is 0 Å². The lowest BCUT2D eigenvalue weighted by Crippen LogP contribution is -2.57. The zero-order valence-corrected chi connectivity index (χ0v) is 12.1. The van der Waals surface area contributed by atoms with Gasteiger partial charge in [-0.05, 0) is 33.3 Å². The van der Waals surface area contributed by atoms with E-state index >= 15 is 0 Å². The van der Waals surface area contributed by atoms with E-state index in [1.54, 1.807) is 6.07 Å². The van der Waals surface area contributed by atoms with Crippen molar-refractivity contribution in [1.29, 1.82) is 0 Å². The van der Waals surface area contributed by atoms with Crippen molar-refractivity contribution < 1.29 is 9.53 Å². The zero-order valence-electron chi connectivity index (χ0n) is 12.1. The molecule has 0 aliphatic carbocycles. The molecule has 0 radical (unpaired) electrons. The fraction of sp³-hybridized carbons (Fsp3) is 0.643. The molecular weight excluding hydrogens is 242 g/mol. The molecule has 1 aromatic rings. The first kappa shape index (κ1) is 13.9. The molecule has 1 fully saturated rings. The van der Waals surface area contributed by atoms with Crippen LogP contribution in [0.2, 0.25) is 0 Å². The van der Waals surface area contributed by atoms with E-state index in [0.717, 1.165) is 12.1 Å². The highest BCUT2D eigenvalue weighted by Crippen LogP contribution is 2.25. The number of hydrogen-bond donors (Lipinski definition) is 0. The topological polar surface area (TPSA) is 55.3 Å². The summed E-state index contributed by atoms with van der Waals surface area (Å²) in [6, 6.07) is 1.75. The van der Waals surface area contributed by atoms with Crippen LogP contribution in [0.1, 0.15) is 42.3 Å². The quantitative estimate of drug-likeness (QED) is 0.815. The summed E-state index contributed by atoms with van der Waals surface area (Å²) in [6.45, 7) is 9.61. The van der Waals surface area contributed by atoms with Crippen molar-refractivity contribution in [3.8, 4) is 0 Å². The van der Waals surface area contributed by atoms with Crippen LogP contribution < -0.4 is 0 Å². The summed E-state index contributed by atoms with van der Waals surface area (Å²) < 4.78 is 5.51. The minimum Gasteiger partial charge on any atom is -0.377 e. The summed E-state index contributed by atoms with van der Waals surface area (Å²) in [4.78, 5) is 23.0. The molecule has 104 valence electrons. The van der Waals surface area contributed by atoms with Crippen molar-refractivity contribution >= 4 is 5.91 Å². The van der Waals surface area contributed by atoms with Gasteiger partial charge in [-0.25, -0.2) is 9.97 Å². The molecule has 1 aromatic heterocycles. The number of rotatable bonds is 2. The van der Waals surface area contributed by atoms with Gasteiger partial charge in [-0.15, -0.1) is 0 Å². The molecule has 1 unspecified atom stereocenters. The lowest BCUT2D eigenvalue weighted by Gasteiger charge is -2.44. The van der Waals surface area contributed by atoms with Crippen molar-refractivity contribution in [1.82, 2.24) is 14.9 Å². The van der Waals surface area contributed by atoms with Crippen LogP contribution in [0.25, 0.3) is 0 Å². The molecule has 0 aromatic carbocycles. The predicted molar refractivity (Wildman–Crippen MR) is 72.1 cm³/mol. The van der Waals surface area contributed by atoms with Crippen molar-refractivity contribution in [2.45, 2.75) is 39.7 Å². The molecule has 1 atom stereocenters. The highest BCUT2D eigenvalue weighted by Gasteiger charge is 2.37. The first-order valence-electron chi connectivity index (χ1n) is 6.68. The van der Waals surface area contributed by atoms with E-state index < -0.39 is 0 Å². The van der Waals surface area contributed by atoms with Gasteiger partial charge in [-0.3, -0.25) is 4.79 Å². The molecule has 0 saturated carbocycles. The molecule has 2 heterocycles. The number of morpholine rings is 1. The smallest absolute Gasteiger partial charge is 0.273 e. The maximum atomic E-state index is 12.7. The number of amides is 1. The minimum absolute atomic E-state index is 0.0266. The number of hydrogen-bond acceptors (Lipinski definition) is 4. The molecule has 5 nitrogen and oxygen atoms in total. The summed E-state index contributed by atoms with van der Waals surface area (Å²) in [6.07, 6.45) is 0.863. The Labute approximate surface area is 114 Å². The summed E-state index contributed by atoms with van der Waals surface area (Å²) >= 11 is 0. The van der Waals surface area contributed by atoms with Crippen LogP contribution in [0.4, 0.5) is 0 Å². The second kappa shape index (κ2) is 5.25. The molecule has 1 aliphatic rings. The van der Waals surface area contributed by atoms with Gasteiger partial charge < -0.3 is 9.64 Å². The number of aromatic nitrogens is 2. The highest BCUT2D eigenvalue weighted by atomic mass is 16.5. The molecular formula is C14H21N3O2. The van der Waals surface area contributed by atoms with Gasteiger partial charge in [0.1, 0.15) is 11.5 Å². The highest BCUT2D eigenvalue weighted by molar-refractivity contribution is 5.93. The largest absolute Gasteiger partial charge is 0.377 e. The van der Waals surface area contributed by atoms with Gasteiger partial charge in [0.2, 0.25) is 0 Å². The van der Waals surface area contributed by atoms with Crippen LogP contribution in [-0.2, 0) is 4.74 Å². The molecule has 19 heavy (non-hydrogen) atoms. The second-order valence-corrected chi connectivity index (χ2v) is 5.30. The summed E-state index contributed by atoms with van der Waals surface area (Å²) in [5, 5.41) is 0. The monoisotopic (exact) mass is 263 g/mol. The van der Waals surface area contributed by atoms with E-state index in [4.69, 9.17) is 4.74 Å². The maximum absolute atomic E-state index is 12.7. The van der Waals surface area contributed by atoms with Crippen LogP contribution >= 0.6 is 0 Å². The summed E-state index contributed by atoms with van der Waals surface area (Å²) in [7, 11) is 0. The van der Waals surface area contributed by atoms with Gasteiger partial charge in [-0.1, -0.05) is 6.92 Å². The van der Waals surface area contributed by atoms with Gasteiger partial charge in [0.25, 0.3) is 5.91 Å². The van der Waals surface area contributed by atoms with E-state index in [0.29, 0.717) is 31.3 Å². The number of carbonyl (C=O) groups is 1. The normalized spacial score (nSPS) is 23.5. The van der Waals surface area contributed by atoms with Gasteiger partial charge in [0.05, 0.1) is 18.8 Å². The van der Waals surface area contributed by atoms with E-state index in [1.165, 1.54) is 0 Å². The first-order valence-corrected chi connectivity index (χ1v) is 6.68. The van der Waals surface area contributed by atoms with Gasteiger partial charge in [-0.2, -0.15) is 0 Å². The second-order valence-electron chi connectivity index (χ2n) is 5.30. The molecule has 2 rings (SSSR count). The van der Waals surface area contributed by atoms with Gasteiger partial charge in [0, 0.05) is 12.2 Å². The Balaban J connectivity index is 2.31. The maximum Gasteiger partial charge on any atom is 0.273 e. The lowest BCUT2D eigenvalue weighted by atomic mass is 9.95. The van der Waals surface area contributed by atoms with Gasteiger partial charge in [0.15, 0.2) is 0 Å². The molecule has 5 heteroatoms. The Morgan fingerprint density at radius 1 is 1.47 bits per heavy atom. The van der Waals surface area contributed by atoms with Crippen LogP contribution in [0, 0.1) is 13.8 Å². The Kier molecular flexibility index (Phi) is 3.85. The number of carbonyl (C=O) groups excluding carboxylic acids is 1. The Hall–Kier alpha value is -1.49. The zero-order chi connectivity index (χ0) is 14.0. The van der Waals surface area contributed by atoms with Crippen LogP contribution in [0.3, 0.4) is 0 Å². The summed E-state index contributed by atoms with van der Waals surface area (Å²) in [5.74, 6) is 0.607. The number of nitrogens with zero attached hydrogens (tertiary/aromatic N) is 3. The van der Waals surface area contributed by atoms with Crippen molar-refractivity contribution in [3.05, 3.63) is 23.3 Å². The third-order valence-electron chi connectivity index (χ3n) is 3.72. The Morgan fingerprint density at radius 2 is 2.21 bits per heavy atom. The number of aryl methyl sites for hydroxylation is 2. The fourth-order valence-corrected chi connectivity index (χ4v) is 2.40. The van der Waals surface area contributed by atoms with E-state index in [-0.39, 0.29) is 11.4 Å². The fourth-order valence-electron chi connectivity index (χ4n) is 2.40. The number of ether oxygens (including phenoxy) is 1. The molecule has 0 spiro atoms. The SMILES string of the molecule is CCC1(C)COCCN1C(=O)c1cc(C)nc(C)n1.